The standard InChI is InChI=1S/C18H25N3O2/c19-12-13-5-3-8-16(13)18(23)20-14-6-4-7-15(11-14)21-10-2-1-9-17(21)22/h4,6-7,11,13,16H,1-3,5,8-10,12,19H2,(H,20,23)/t13-,16-/m1/s1. The van der Waals surface area contributed by atoms with Crippen molar-refractivity contribution in [2.45, 2.75) is 38.5 Å². The maximum absolute atomic E-state index is 12.5. The van der Waals surface area contributed by atoms with Crippen LogP contribution < -0.4 is 16.0 Å². The zero-order valence-corrected chi connectivity index (χ0v) is 13.5. The minimum atomic E-state index is 0.0141. The molecule has 0 radical (unpaired) electrons. The van der Waals surface area contributed by atoms with E-state index in [2.05, 4.69) is 5.32 Å². The highest BCUT2D eigenvalue weighted by Gasteiger charge is 2.32. The Bertz CT molecular complexity index is 587. The third kappa shape index (κ3) is 3.55. The lowest BCUT2D eigenvalue weighted by molar-refractivity contribution is -0.121. The van der Waals surface area contributed by atoms with Gasteiger partial charge in [-0.2, -0.15) is 0 Å². The highest BCUT2D eigenvalue weighted by atomic mass is 16.2. The predicted octanol–water partition coefficient (Wildman–Crippen LogP) is 2.52. The van der Waals surface area contributed by atoms with Crippen LogP contribution in [0.4, 0.5) is 11.4 Å². The molecular formula is C18H25N3O2. The van der Waals surface area contributed by atoms with Crippen molar-refractivity contribution < 1.29 is 9.59 Å². The number of piperidine rings is 1. The quantitative estimate of drug-likeness (QED) is 0.896. The summed E-state index contributed by atoms with van der Waals surface area (Å²) in [6.45, 7) is 1.33. The number of rotatable bonds is 4. The monoisotopic (exact) mass is 315 g/mol. The summed E-state index contributed by atoms with van der Waals surface area (Å²) in [5.41, 5.74) is 7.40. The van der Waals surface area contributed by atoms with E-state index in [-0.39, 0.29) is 17.7 Å². The summed E-state index contributed by atoms with van der Waals surface area (Å²) < 4.78 is 0. The largest absolute Gasteiger partial charge is 0.330 e. The lowest BCUT2D eigenvalue weighted by Gasteiger charge is -2.27. The average molecular weight is 315 g/mol. The molecule has 2 atom stereocenters. The van der Waals surface area contributed by atoms with Gasteiger partial charge in [0.15, 0.2) is 0 Å². The predicted molar refractivity (Wildman–Crippen MR) is 91.2 cm³/mol. The second-order valence-electron chi connectivity index (χ2n) is 6.58. The molecule has 1 aromatic carbocycles. The van der Waals surface area contributed by atoms with Crippen molar-refractivity contribution in [3.63, 3.8) is 0 Å². The van der Waals surface area contributed by atoms with Crippen LogP contribution in [0, 0.1) is 11.8 Å². The second kappa shape index (κ2) is 7.13. The number of nitrogens with one attached hydrogen (secondary N) is 1. The van der Waals surface area contributed by atoms with Crippen LogP contribution >= 0.6 is 0 Å². The van der Waals surface area contributed by atoms with Gasteiger partial charge in [0.1, 0.15) is 0 Å². The van der Waals surface area contributed by atoms with Crippen molar-refractivity contribution in [2.75, 3.05) is 23.3 Å². The molecule has 2 fully saturated rings. The Labute approximate surface area is 137 Å². The molecule has 23 heavy (non-hydrogen) atoms. The SMILES string of the molecule is NC[C@H]1CCC[C@H]1C(=O)Nc1cccc(N2CCCCC2=O)c1. The zero-order valence-electron chi connectivity index (χ0n) is 13.5. The number of nitrogens with zero attached hydrogens (tertiary/aromatic N) is 1. The summed E-state index contributed by atoms with van der Waals surface area (Å²) in [4.78, 5) is 26.3. The number of hydrogen-bond donors (Lipinski definition) is 2. The number of carbonyl (C=O) groups excluding carboxylic acids is 2. The topological polar surface area (TPSA) is 75.4 Å². The number of nitrogens with two attached hydrogens (primary N) is 1. The molecule has 5 nitrogen and oxygen atoms in total. The van der Waals surface area contributed by atoms with Crippen LogP contribution in [0.1, 0.15) is 38.5 Å². The van der Waals surface area contributed by atoms with E-state index in [1.165, 1.54) is 0 Å². The Hall–Kier alpha value is -1.88. The highest BCUT2D eigenvalue weighted by Crippen LogP contribution is 2.32. The van der Waals surface area contributed by atoms with Crippen LogP contribution in [0.3, 0.4) is 0 Å². The van der Waals surface area contributed by atoms with Crippen LogP contribution in [0.15, 0.2) is 24.3 Å². The number of anilines is 2. The Morgan fingerprint density at radius 3 is 2.91 bits per heavy atom. The van der Waals surface area contributed by atoms with Gasteiger partial charge in [-0.25, -0.2) is 0 Å². The molecule has 3 N–H and O–H groups in total. The number of amides is 2. The summed E-state index contributed by atoms with van der Waals surface area (Å²) >= 11 is 0. The lowest BCUT2D eigenvalue weighted by Crippen LogP contribution is -2.35. The molecule has 5 heteroatoms. The molecule has 1 aliphatic heterocycles. The summed E-state index contributed by atoms with van der Waals surface area (Å²) in [5, 5.41) is 3.01. The summed E-state index contributed by atoms with van der Waals surface area (Å²) in [5.74, 6) is 0.529. The highest BCUT2D eigenvalue weighted by molar-refractivity contribution is 5.96. The Balaban J connectivity index is 1.70. The fraction of sp³-hybridized carbons (Fsp3) is 0.556. The molecule has 3 rings (SSSR count). The van der Waals surface area contributed by atoms with E-state index in [9.17, 15) is 9.59 Å². The minimum absolute atomic E-state index is 0.0141. The molecule has 2 amide bonds. The molecule has 124 valence electrons. The third-order valence-electron chi connectivity index (χ3n) is 5.05. The van der Waals surface area contributed by atoms with E-state index in [0.717, 1.165) is 50.0 Å². The van der Waals surface area contributed by atoms with E-state index in [0.29, 0.717) is 18.9 Å². The Kier molecular flexibility index (Phi) is 4.96. The molecule has 0 unspecified atom stereocenters. The van der Waals surface area contributed by atoms with Crippen molar-refractivity contribution in [2.24, 2.45) is 17.6 Å². The second-order valence-corrected chi connectivity index (χ2v) is 6.58. The summed E-state index contributed by atoms with van der Waals surface area (Å²) in [6.07, 6.45) is 5.63. The van der Waals surface area contributed by atoms with Crippen molar-refractivity contribution in [3.05, 3.63) is 24.3 Å². The Morgan fingerprint density at radius 1 is 1.26 bits per heavy atom. The van der Waals surface area contributed by atoms with Gasteiger partial charge in [0, 0.05) is 30.3 Å². The molecule has 1 saturated carbocycles. The van der Waals surface area contributed by atoms with Crippen LogP contribution in [-0.4, -0.2) is 24.9 Å². The third-order valence-corrected chi connectivity index (χ3v) is 5.05. The van der Waals surface area contributed by atoms with Gasteiger partial charge < -0.3 is 16.0 Å². The first kappa shape index (κ1) is 16.0. The molecule has 0 bridgehead atoms. The van der Waals surface area contributed by atoms with Crippen LogP contribution in [0.5, 0.6) is 0 Å². The molecule has 1 heterocycles. The van der Waals surface area contributed by atoms with E-state index in [1.54, 1.807) is 0 Å². The molecule has 0 aromatic heterocycles. The van der Waals surface area contributed by atoms with Crippen LogP contribution in [-0.2, 0) is 9.59 Å². The first-order valence-electron chi connectivity index (χ1n) is 8.60. The van der Waals surface area contributed by atoms with Gasteiger partial charge >= 0.3 is 0 Å². The van der Waals surface area contributed by atoms with Crippen molar-refractivity contribution in [1.29, 1.82) is 0 Å². The summed E-state index contributed by atoms with van der Waals surface area (Å²) in [6, 6.07) is 7.59. The van der Waals surface area contributed by atoms with Crippen LogP contribution in [0.25, 0.3) is 0 Å². The lowest BCUT2D eigenvalue weighted by atomic mass is 9.95. The fourth-order valence-electron chi connectivity index (χ4n) is 3.73. The van der Waals surface area contributed by atoms with E-state index in [4.69, 9.17) is 5.73 Å². The first-order valence-corrected chi connectivity index (χ1v) is 8.60. The normalized spacial score (nSPS) is 24.7. The van der Waals surface area contributed by atoms with Crippen LogP contribution in [0.2, 0.25) is 0 Å². The van der Waals surface area contributed by atoms with Gasteiger partial charge in [-0.15, -0.1) is 0 Å². The van der Waals surface area contributed by atoms with Gasteiger partial charge in [-0.05, 0) is 56.3 Å². The molecule has 1 aromatic rings. The van der Waals surface area contributed by atoms with E-state index < -0.39 is 0 Å². The van der Waals surface area contributed by atoms with E-state index in [1.807, 2.05) is 29.2 Å². The fourth-order valence-corrected chi connectivity index (χ4v) is 3.73. The van der Waals surface area contributed by atoms with Gasteiger partial charge in [0.2, 0.25) is 11.8 Å². The summed E-state index contributed by atoms with van der Waals surface area (Å²) in [7, 11) is 0. The minimum Gasteiger partial charge on any atom is -0.330 e. The van der Waals surface area contributed by atoms with Crippen molar-refractivity contribution >= 4 is 23.2 Å². The van der Waals surface area contributed by atoms with Crippen molar-refractivity contribution in [1.82, 2.24) is 0 Å². The van der Waals surface area contributed by atoms with Gasteiger partial charge in [0.25, 0.3) is 0 Å². The number of benzene rings is 1. The smallest absolute Gasteiger partial charge is 0.227 e. The number of hydrogen-bond acceptors (Lipinski definition) is 3. The maximum atomic E-state index is 12.5. The molecule has 0 spiro atoms. The number of carbonyl (C=O) groups is 2. The zero-order chi connectivity index (χ0) is 16.2. The Morgan fingerprint density at radius 2 is 2.13 bits per heavy atom. The van der Waals surface area contributed by atoms with Gasteiger partial charge in [0.05, 0.1) is 0 Å². The average Bonchev–Trinajstić information content (AvgIpc) is 3.04. The molecule has 1 saturated heterocycles. The van der Waals surface area contributed by atoms with Gasteiger partial charge in [-0.1, -0.05) is 12.5 Å². The van der Waals surface area contributed by atoms with Gasteiger partial charge in [-0.3, -0.25) is 9.59 Å². The van der Waals surface area contributed by atoms with E-state index >= 15 is 0 Å². The molecule has 1 aliphatic carbocycles. The molecule has 2 aliphatic rings. The maximum Gasteiger partial charge on any atom is 0.227 e. The molecular weight excluding hydrogens is 290 g/mol. The van der Waals surface area contributed by atoms with Crippen molar-refractivity contribution in [3.8, 4) is 0 Å². The first-order chi connectivity index (χ1) is 11.2.